The Kier molecular flexibility index (Phi) is 5.00. The molecule has 0 spiro atoms. The average Bonchev–Trinajstić information content (AvgIpc) is 3.40. The second-order valence-corrected chi connectivity index (χ2v) is 6.81. The third-order valence-corrected chi connectivity index (χ3v) is 4.85. The summed E-state index contributed by atoms with van der Waals surface area (Å²) in [6.45, 7) is 0. The number of carbonyl (C=O) groups is 2. The van der Waals surface area contributed by atoms with Gasteiger partial charge in [-0.25, -0.2) is 0 Å². The number of carbonyl (C=O) groups excluding carboxylic acids is 2. The van der Waals surface area contributed by atoms with Gasteiger partial charge >= 0.3 is 5.97 Å². The van der Waals surface area contributed by atoms with E-state index in [0.29, 0.717) is 5.56 Å². The highest BCUT2D eigenvalue weighted by molar-refractivity contribution is 9.10. The maximum atomic E-state index is 12.6. The van der Waals surface area contributed by atoms with E-state index in [1.807, 2.05) is 42.5 Å². The Labute approximate surface area is 149 Å². The van der Waals surface area contributed by atoms with Crippen molar-refractivity contribution in [1.82, 2.24) is 5.32 Å². The predicted octanol–water partition coefficient (Wildman–Crippen LogP) is 3.73. The van der Waals surface area contributed by atoms with Crippen LogP contribution in [0.15, 0.2) is 59.1 Å². The van der Waals surface area contributed by atoms with Gasteiger partial charge < -0.3 is 10.1 Å². The van der Waals surface area contributed by atoms with Gasteiger partial charge in [0.1, 0.15) is 0 Å². The van der Waals surface area contributed by atoms with Gasteiger partial charge in [-0.3, -0.25) is 9.59 Å². The minimum Gasteiger partial charge on any atom is -0.469 e. The summed E-state index contributed by atoms with van der Waals surface area (Å²) in [5.74, 6) is -0.435. The fourth-order valence-electron chi connectivity index (χ4n) is 2.93. The molecule has 1 aliphatic carbocycles. The lowest BCUT2D eigenvalue weighted by atomic mass is 10.0. The molecule has 0 bridgehead atoms. The van der Waals surface area contributed by atoms with Crippen LogP contribution < -0.4 is 5.32 Å². The lowest BCUT2D eigenvalue weighted by Gasteiger charge is -2.19. The van der Waals surface area contributed by atoms with Crippen molar-refractivity contribution < 1.29 is 14.3 Å². The fourth-order valence-corrected chi connectivity index (χ4v) is 3.19. The molecule has 1 N–H and O–H groups in total. The topological polar surface area (TPSA) is 55.4 Å². The molecule has 0 radical (unpaired) electrons. The number of nitrogens with one attached hydrogen (secondary N) is 1. The molecular weight excluding hydrogens is 370 g/mol. The fraction of sp³-hybridized carbons (Fsp3) is 0.263. The molecule has 3 atom stereocenters. The van der Waals surface area contributed by atoms with Crippen LogP contribution in [0.2, 0.25) is 0 Å². The molecule has 1 aliphatic rings. The molecule has 2 aromatic rings. The first-order valence-corrected chi connectivity index (χ1v) is 8.58. The number of rotatable bonds is 5. The molecule has 1 amide bonds. The van der Waals surface area contributed by atoms with E-state index in [4.69, 9.17) is 4.74 Å². The molecule has 3 rings (SSSR count). The van der Waals surface area contributed by atoms with Crippen molar-refractivity contribution in [3.05, 3.63) is 70.2 Å². The Morgan fingerprint density at radius 1 is 1.12 bits per heavy atom. The summed E-state index contributed by atoms with van der Waals surface area (Å²) < 4.78 is 5.76. The van der Waals surface area contributed by atoms with Crippen LogP contribution in [0.5, 0.6) is 0 Å². The molecule has 4 nitrogen and oxygen atoms in total. The van der Waals surface area contributed by atoms with Crippen LogP contribution in [0.25, 0.3) is 0 Å². The zero-order valence-corrected chi connectivity index (χ0v) is 14.8. The van der Waals surface area contributed by atoms with E-state index >= 15 is 0 Å². The van der Waals surface area contributed by atoms with E-state index in [0.717, 1.165) is 16.5 Å². The first-order valence-electron chi connectivity index (χ1n) is 7.79. The zero-order chi connectivity index (χ0) is 17.1. The summed E-state index contributed by atoms with van der Waals surface area (Å²) in [5.41, 5.74) is 1.59. The first kappa shape index (κ1) is 16.7. The largest absolute Gasteiger partial charge is 0.469 e. The molecule has 124 valence electrons. The Balaban J connectivity index is 1.79. The van der Waals surface area contributed by atoms with Gasteiger partial charge in [-0.2, -0.15) is 0 Å². The second kappa shape index (κ2) is 7.18. The number of benzene rings is 2. The highest BCUT2D eigenvalue weighted by Gasteiger charge is 2.49. The standard InChI is InChI=1S/C19H18BrNO3/c1-24-19(23)16-11-15(16)17(12-5-3-2-4-6-12)21-18(22)13-7-9-14(20)10-8-13/h2-10,15-17H,11H2,1H3,(H,21,22)/t15-,16+,17-/m0/s1. The van der Waals surface area contributed by atoms with E-state index in [2.05, 4.69) is 21.2 Å². The summed E-state index contributed by atoms with van der Waals surface area (Å²) in [5, 5.41) is 3.08. The van der Waals surface area contributed by atoms with Crippen molar-refractivity contribution in [2.45, 2.75) is 12.5 Å². The normalized spacial score (nSPS) is 20.1. The number of esters is 1. The maximum Gasteiger partial charge on any atom is 0.309 e. The molecule has 24 heavy (non-hydrogen) atoms. The molecular formula is C19H18BrNO3. The Morgan fingerprint density at radius 3 is 2.42 bits per heavy atom. The third kappa shape index (κ3) is 3.67. The average molecular weight is 388 g/mol. The molecule has 0 saturated heterocycles. The highest BCUT2D eigenvalue weighted by Crippen LogP contribution is 2.48. The van der Waals surface area contributed by atoms with Gasteiger partial charge in [0.2, 0.25) is 0 Å². The van der Waals surface area contributed by atoms with E-state index in [9.17, 15) is 9.59 Å². The maximum absolute atomic E-state index is 12.6. The van der Waals surface area contributed by atoms with E-state index in [1.165, 1.54) is 7.11 Å². The van der Waals surface area contributed by atoms with Crippen LogP contribution in [0.4, 0.5) is 0 Å². The quantitative estimate of drug-likeness (QED) is 0.795. The molecule has 5 heteroatoms. The van der Waals surface area contributed by atoms with Crippen molar-refractivity contribution in [3.63, 3.8) is 0 Å². The Hall–Kier alpha value is -2.14. The van der Waals surface area contributed by atoms with Crippen molar-refractivity contribution >= 4 is 27.8 Å². The van der Waals surface area contributed by atoms with Crippen LogP contribution in [0.1, 0.15) is 28.4 Å². The molecule has 0 heterocycles. The van der Waals surface area contributed by atoms with Crippen molar-refractivity contribution in [3.8, 4) is 0 Å². The lowest BCUT2D eigenvalue weighted by Crippen LogP contribution is -2.30. The smallest absolute Gasteiger partial charge is 0.309 e. The Morgan fingerprint density at radius 2 is 1.79 bits per heavy atom. The summed E-state index contributed by atoms with van der Waals surface area (Å²) >= 11 is 3.36. The monoisotopic (exact) mass is 387 g/mol. The van der Waals surface area contributed by atoms with Gasteiger partial charge in [-0.15, -0.1) is 0 Å². The summed E-state index contributed by atoms with van der Waals surface area (Å²) in [4.78, 5) is 24.3. The van der Waals surface area contributed by atoms with Gasteiger partial charge in [-0.05, 0) is 42.2 Å². The highest BCUT2D eigenvalue weighted by atomic mass is 79.9. The number of ether oxygens (including phenoxy) is 1. The van der Waals surface area contributed by atoms with Crippen LogP contribution >= 0.6 is 15.9 Å². The molecule has 1 fully saturated rings. The minimum absolute atomic E-state index is 0.0687. The summed E-state index contributed by atoms with van der Waals surface area (Å²) in [6, 6.07) is 16.7. The SMILES string of the molecule is COC(=O)[C@@H]1C[C@@H]1[C@@H](NC(=O)c1ccc(Br)cc1)c1ccccc1. The van der Waals surface area contributed by atoms with E-state index in [-0.39, 0.29) is 29.8 Å². The number of halogens is 1. The molecule has 2 aromatic carbocycles. The van der Waals surface area contributed by atoms with Crippen LogP contribution in [-0.4, -0.2) is 19.0 Å². The van der Waals surface area contributed by atoms with Gasteiger partial charge in [0, 0.05) is 10.0 Å². The van der Waals surface area contributed by atoms with Crippen LogP contribution in [0, 0.1) is 11.8 Å². The first-order chi connectivity index (χ1) is 11.6. The number of methoxy groups -OCH3 is 1. The minimum atomic E-state index is -0.209. The van der Waals surface area contributed by atoms with Crippen molar-refractivity contribution in [2.75, 3.05) is 7.11 Å². The van der Waals surface area contributed by atoms with Crippen molar-refractivity contribution in [1.29, 1.82) is 0 Å². The predicted molar refractivity (Wildman–Crippen MR) is 94.4 cm³/mol. The van der Waals surface area contributed by atoms with E-state index < -0.39 is 0 Å². The van der Waals surface area contributed by atoms with Gasteiger partial charge in [0.05, 0.1) is 19.1 Å². The zero-order valence-electron chi connectivity index (χ0n) is 13.2. The number of amides is 1. The number of hydrogen-bond acceptors (Lipinski definition) is 3. The summed E-state index contributed by atoms with van der Waals surface area (Å²) in [6.07, 6.45) is 0.729. The van der Waals surface area contributed by atoms with Crippen molar-refractivity contribution in [2.24, 2.45) is 11.8 Å². The number of hydrogen-bond donors (Lipinski definition) is 1. The molecule has 0 aliphatic heterocycles. The Bertz CT molecular complexity index is 730. The second-order valence-electron chi connectivity index (χ2n) is 5.90. The molecule has 0 aromatic heterocycles. The third-order valence-electron chi connectivity index (χ3n) is 4.32. The van der Waals surface area contributed by atoms with E-state index in [1.54, 1.807) is 12.1 Å². The van der Waals surface area contributed by atoms with Gasteiger partial charge in [0.15, 0.2) is 0 Å². The van der Waals surface area contributed by atoms with Crippen LogP contribution in [0.3, 0.4) is 0 Å². The van der Waals surface area contributed by atoms with Gasteiger partial charge in [-0.1, -0.05) is 46.3 Å². The molecule has 1 saturated carbocycles. The lowest BCUT2D eigenvalue weighted by molar-refractivity contribution is -0.142. The van der Waals surface area contributed by atoms with Gasteiger partial charge in [0.25, 0.3) is 5.91 Å². The van der Waals surface area contributed by atoms with Crippen LogP contribution in [-0.2, 0) is 9.53 Å². The molecule has 0 unspecified atom stereocenters. The summed E-state index contributed by atoms with van der Waals surface area (Å²) in [7, 11) is 1.40.